The highest BCUT2D eigenvalue weighted by Crippen LogP contribution is 2.24. The zero-order valence-corrected chi connectivity index (χ0v) is 12.0. The molecule has 9 nitrogen and oxygen atoms in total. The highest BCUT2D eigenvalue weighted by Gasteiger charge is 2.17. The van der Waals surface area contributed by atoms with Gasteiger partial charge in [0.25, 0.3) is 11.6 Å². The number of hydrogen-bond acceptors (Lipinski definition) is 6. The molecule has 0 unspecified atom stereocenters. The van der Waals surface area contributed by atoms with Crippen LogP contribution in [-0.2, 0) is 4.79 Å². The van der Waals surface area contributed by atoms with Crippen LogP contribution in [0.2, 0.25) is 0 Å². The molecule has 10 heteroatoms. The molecule has 1 N–H and O–H groups in total. The minimum atomic E-state index is -1.10. The van der Waals surface area contributed by atoms with E-state index in [2.05, 4.69) is 5.32 Å². The monoisotopic (exact) mass is 335 g/mol. The van der Waals surface area contributed by atoms with Gasteiger partial charge in [-0.05, 0) is 12.1 Å². The number of rotatable bonds is 6. The Labute approximate surface area is 134 Å². The normalized spacial score (nSPS) is 10.0. The summed E-state index contributed by atoms with van der Waals surface area (Å²) in [4.78, 5) is 31.5. The Bertz CT molecular complexity index is 811. The van der Waals surface area contributed by atoms with Crippen molar-refractivity contribution in [1.29, 1.82) is 0 Å². The molecule has 0 radical (unpaired) electrons. The maximum atomic E-state index is 13.4. The lowest BCUT2D eigenvalue weighted by Crippen LogP contribution is -2.20. The van der Waals surface area contributed by atoms with Crippen molar-refractivity contribution in [2.24, 2.45) is 0 Å². The van der Waals surface area contributed by atoms with Gasteiger partial charge in [-0.1, -0.05) is 12.1 Å². The zero-order chi connectivity index (χ0) is 17.7. The van der Waals surface area contributed by atoms with Gasteiger partial charge in [0.1, 0.15) is 11.4 Å². The lowest BCUT2D eigenvalue weighted by atomic mass is 10.2. The molecule has 0 saturated heterocycles. The number of nitro benzene ring substituents is 2. The molecule has 24 heavy (non-hydrogen) atoms. The number of anilines is 1. The van der Waals surface area contributed by atoms with Gasteiger partial charge < -0.3 is 10.1 Å². The topological polar surface area (TPSA) is 125 Å². The van der Waals surface area contributed by atoms with E-state index in [4.69, 9.17) is 4.74 Å². The molecule has 0 saturated carbocycles. The summed E-state index contributed by atoms with van der Waals surface area (Å²) in [5.74, 6) is -1.89. The Kier molecular flexibility index (Phi) is 5.00. The number of nitrogens with zero attached hydrogens (tertiary/aromatic N) is 2. The van der Waals surface area contributed by atoms with Crippen LogP contribution in [0.5, 0.6) is 5.75 Å². The lowest BCUT2D eigenvalue weighted by molar-refractivity contribution is -0.387. The summed E-state index contributed by atoms with van der Waals surface area (Å²) >= 11 is 0. The molecule has 2 rings (SSSR count). The third kappa shape index (κ3) is 4.00. The van der Waals surface area contributed by atoms with Crippen LogP contribution in [0.1, 0.15) is 0 Å². The predicted octanol–water partition coefficient (Wildman–Crippen LogP) is 2.66. The number of halogens is 1. The first-order valence-corrected chi connectivity index (χ1v) is 6.48. The van der Waals surface area contributed by atoms with Gasteiger partial charge in [0.15, 0.2) is 6.61 Å². The van der Waals surface area contributed by atoms with E-state index in [1.165, 1.54) is 24.3 Å². The number of hydrogen-bond donors (Lipinski definition) is 1. The minimum absolute atomic E-state index is 0.00835. The summed E-state index contributed by atoms with van der Waals surface area (Å²) in [7, 11) is 0. The number of amides is 1. The van der Waals surface area contributed by atoms with Crippen LogP contribution in [0.3, 0.4) is 0 Å². The largest absolute Gasteiger partial charge is 0.484 e. The summed E-state index contributed by atoms with van der Waals surface area (Å²) in [6, 6.07) is 8.35. The van der Waals surface area contributed by atoms with Crippen molar-refractivity contribution in [1.82, 2.24) is 0 Å². The van der Waals surface area contributed by atoms with Crippen LogP contribution >= 0.6 is 0 Å². The highest BCUT2D eigenvalue weighted by atomic mass is 19.1. The summed E-state index contributed by atoms with van der Waals surface area (Å²) in [6.45, 7) is -0.552. The van der Waals surface area contributed by atoms with Gasteiger partial charge in [-0.3, -0.25) is 25.0 Å². The molecular formula is C14H10FN3O6. The van der Waals surface area contributed by atoms with Gasteiger partial charge in [0.2, 0.25) is 5.82 Å². The van der Waals surface area contributed by atoms with Crippen LogP contribution < -0.4 is 10.1 Å². The molecule has 0 aliphatic rings. The number of carbonyl (C=O) groups is 1. The molecule has 1 amide bonds. The lowest BCUT2D eigenvalue weighted by Gasteiger charge is -2.08. The van der Waals surface area contributed by atoms with Crippen molar-refractivity contribution in [3.8, 4) is 5.75 Å². The van der Waals surface area contributed by atoms with E-state index in [1.807, 2.05) is 0 Å². The third-order valence-electron chi connectivity index (χ3n) is 2.86. The summed E-state index contributed by atoms with van der Waals surface area (Å²) < 4.78 is 18.4. The van der Waals surface area contributed by atoms with E-state index in [9.17, 15) is 29.4 Å². The first-order chi connectivity index (χ1) is 11.4. The molecule has 124 valence electrons. The van der Waals surface area contributed by atoms with Gasteiger partial charge in [-0.2, -0.15) is 4.39 Å². The summed E-state index contributed by atoms with van der Waals surface area (Å²) in [5, 5.41) is 23.6. The van der Waals surface area contributed by atoms with Crippen LogP contribution in [0.4, 0.5) is 21.5 Å². The Morgan fingerprint density at radius 3 is 2.38 bits per heavy atom. The Morgan fingerprint density at radius 1 is 1.08 bits per heavy atom. The number of para-hydroxylation sites is 2. The van der Waals surface area contributed by atoms with Crippen LogP contribution in [0.15, 0.2) is 42.5 Å². The highest BCUT2D eigenvalue weighted by molar-refractivity contribution is 5.94. The smallest absolute Gasteiger partial charge is 0.305 e. The molecule has 2 aromatic rings. The molecule has 2 aromatic carbocycles. The number of carbonyl (C=O) groups excluding carboxylic acids is 1. The number of nitro groups is 2. The Balaban J connectivity index is 2.00. The number of nitrogens with one attached hydrogen (secondary N) is 1. The zero-order valence-electron chi connectivity index (χ0n) is 12.0. The van der Waals surface area contributed by atoms with Gasteiger partial charge in [-0.25, -0.2) is 0 Å². The molecule has 0 bridgehead atoms. The van der Waals surface area contributed by atoms with Gasteiger partial charge in [0.05, 0.1) is 9.85 Å². The van der Waals surface area contributed by atoms with E-state index in [1.54, 1.807) is 0 Å². The van der Waals surface area contributed by atoms with Crippen molar-refractivity contribution in [3.63, 3.8) is 0 Å². The van der Waals surface area contributed by atoms with Gasteiger partial charge in [-0.15, -0.1) is 0 Å². The van der Waals surface area contributed by atoms with E-state index < -0.39 is 33.9 Å². The van der Waals surface area contributed by atoms with Crippen LogP contribution in [-0.4, -0.2) is 22.4 Å². The number of ether oxygens (including phenoxy) is 1. The fourth-order valence-corrected chi connectivity index (χ4v) is 1.80. The van der Waals surface area contributed by atoms with Crippen LogP contribution in [0.25, 0.3) is 0 Å². The molecule has 0 spiro atoms. The van der Waals surface area contributed by atoms with Gasteiger partial charge >= 0.3 is 5.69 Å². The van der Waals surface area contributed by atoms with E-state index in [0.29, 0.717) is 0 Å². The Hall–Kier alpha value is -3.56. The molecule has 0 fully saturated rings. The predicted molar refractivity (Wildman–Crippen MR) is 80.3 cm³/mol. The van der Waals surface area contributed by atoms with Crippen molar-refractivity contribution in [3.05, 3.63) is 68.5 Å². The van der Waals surface area contributed by atoms with Crippen molar-refractivity contribution in [2.75, 3.05) is 11.9 Å². The first kappa shape index (κ1) is 16.8. The fourth-order valence-electron chi connectivity index (χ4n) is 1.80. The maximum absolute atomic E-state index is 13.4. The molecule has 0 aliphatic heterocycles. The quantitative estimate of drug-likeness (QED) is 0.639. The molecular weight excluding hydrogens is 325 g/mol. The average Bonchev–Trinajstić information content (AvgIpc) is 2.53. The second-order valence-electron chi connectivity index (χ2n) is 4.48. The third-order valence-corrected chi connectivity index (χ3v) is 2.86. The molecule has 0 atom stereocenters. The Morgan fingerprint density at radius 2 is 1.75 bits per heavy atom. The molecule has 0 aliphatic carbocycles. The standard InChI is InChI=1S/C14H10FN3O6/c15-10-7-9(5-6-12(10)17(20)21)24-8-14(19)16-11-3-1-2-4-13(11)18(22)23/h1-7H,8H2,(H,16,19). The van der Waals surface area contributed by atoms with Crippen molar-refractivity contribution in [2.45, 2.75) is 0 Å². The van der Waals surface area contributed by atoms with E-state index in [-0.39, 0.29) is 17.1 Å². The molecule has 0 heterocycles. The second kappa shape index (κ2) is 7.13. The van der Waals surface area contributed by atoms with Crippen LogP contribution in [0, 0.1) is 26.0 Å². The van der Waals surface area contributed by atoms with Crippen molar-refractivity contribution >= 4 is 23.0 Å². The van der Waals surface area contributed by atoms with E-state index in [0.717, 1.165) is 18.2 Å². The second-order valence-corrected chi connectivity index (χ2v) is 4.48. The minimum Gasteiger partial charge on any atom is -0.484 e. The van der Waals surface area contributed by atoms with Crippen molar-refractivity contribution < 1.29 is 23.8 Å². The van der Waals surface area contributed by atoms with E-state index >= 15 is 0 Å². The van der Waals surface area contributed by atoms with Gasteiger partial charge in [0, 0.05) is 18.2 Å². The first-order valence-electron chi connectivity index (χ1n) is 6.48. The SMILES string of the molecule is O=C(COc1ccc([N+](=O)[O-])c(F)c1)Nc1ccccc1[N+](=O)[O-]. The fraction of sp³-hybridized carbons (Fsp3) is 0.0714. The summed E-state index contributed by atoms with van der Waals surface area (Å²) in [5.41, 5.74) is -1.01. The molecule has 0 aromatic heterocycles. The average molecular weight is 335 g/mol. The number of benzene rings is 2. The summed E-state index contributed by atoms with van der Waals surface area (Å²) in [6.07, 6.45) is 0. The maximum Gasteiger partial charge on any atom is 0.305 e.